The van der Waals surface area contributed by atoms with Crippen molar-refractivity contribution in [2.75, 3.05) is 0 Å². The van der Waals surface area contributed by atoms with Gasteiger partial charge in [-0.25, -0.2) is 4.98 Å². The fourth-order valence-electron chi connectivity index (χ4n) is 2.81. The Labute approximate surface area is 139 Å². The molecule has 0 bridgehead atoms. The molecule has 0 amide bonds. The Hall–Kier alpha value is -2.64. The molecule has 23 heavy (non-hydrogen) atoms. The van der Waals surface area contributed by atoms with Crippen LogP contribution in [0.1, 0.15) is 11.3 Å². The monoisotopic (exact) mass is 315 g/mol. The molecular weight excluding hydrogens is 302 g/mol. The Morgan fingerprint density at radius 1 is 0.739 bits per heavy atom. The molecule has 0 N–H and O–H groups in total. The van der Waals surface area contributed by atoms with E-state index in [-0.39, 0.29) is 0 Å². The van der Waals surface area contributed by atoms with Gasteiger partial charge in [0, 0.05) is 5.39 Å². The number of benzene rings is 3. The van der Waals surface area contributed by atoms with Crippen LogP contribution in [0.3, 0.4) is 0 Å². The summed E-state index contributed by atoms with van der Waals surface area (Å²) in [6, 6.07) is 24.5. The molecule has 0 aliphatic rings. The lowest BCUT2D eigenvalue weighted by Gasteiger charge is -2.03. The SMILES string of the molecule is Clc1cc(/C=C/c2cccc3ccccc23)nc2ccccc12. The lowest BCUT2D eigenvalue weighted by atomic mass is 10.0. The van der Waals surface area contributed by atoms with E-state index in [0.717, 1.165) is 21.6 Å². The molecule has 4 aromatic rings. The quantitative estimate of drug-likeness (QED) is 0.428. The van der Waals surface area contributed by atoms with E-state index in [9.17, 15) is 0 Å². The van der Waals surface area contributed by atoms with Crippen molar-refractivity contribution < 1.29 is 0 Å². The Balaban J connectivity index is 1.79. The van der Waals surface area contributed by atoms with Crippen molar-refractivity contribution in [1.29, 1.82) is 0 Å². The number of pyridine rings is 1. The lowest BCUT2D eigenvalue weighted by molar-refractivity contribution is 1.37. The van der Waals surface area contributed by atoms with Crippen LogP contribution in [-0.2, 0) is 0 Å². The maximum absolute atomic E-state index is 6.37. The third-order valence-electron chi connectivity index (χ3n) is 3.94. The van der Waals surface area contributed by atoms with Gasteiger partial charge in [-0.2, -0.15) is 0 Å². The van der Waals surface area contributed by atoms with Gasteiger partial charge in [0.1, 0.15) is 0 Å². The Morgan fingerprint density at radius 2 is 1.48 bits per heavy atom. The molecule has 0 atom stereocenters. The molecule has 1 nitrogen and oxygen atoms in total. The van der Waals surface area contributed by atoms with Crippen LogP contribution in [-0.4, -0.2) is 4.98 Å². The summed E-state index contributed by atoms with van der Waals surface area (Å²) in [5, 5.41) is 4.18. The number of fused-ring (bicyclic) bond motifs is 2. The molecule has 3 aromatic carbocycles. The summed E-state index contributed by atoms with van der Waals surface area (Å²) in [5.74, 6) is 0. The highest BCUT2D eigenvalue weighted by Gasteiger charge is 2.02. The van der Waals surface area contributed by atoms with Crippen molar-refractivity contribution in [2.24, 2.45) is 0 Å². The number of nitrogens with zero attached hydrogens (tertiary/aromatic N) is 1. The predicted molar refractivity (Wildman–Crippen MR) is 99.6 cm³/mol. The van der Waals surface area contributed by atoms with Gasteiger partial charge in [-0.15, -0.1) is 0 Å². The summed E-state index contributed by atoms with van der Waals surface area (Å²) in [5.41, 5.74) is 2.95. The first-order chi connectivity index (χ1) is 11.3. The van der Waals surface area contributed by atoms with Crippen molar-refractivity contribution in [2.45, 2.75) is 0 Å². The van der Waals surface area contributed by atoms with Crippen LogP contribution >= 0.6 is 11.6 Å². The summed E-state index contributed by atoms with van der Waals surface area (Å²) >= 11 is 6.37. The zero-order chi connectivity index (χ0) is 15.6. The van der Waals surface area contributed by atoms with Crippen LogP contribution in [0.25, 0.3) is 33.8 Å². The van der Waals surface area contributed by atoms with Gasteiger partial charge in [-0.3, -0.25) is 0 Å². The first-order valence-corrected chi connectivity index (χ1v) is 7.90. The Kier molecular flexibility index (Phi) is 3.57. The van der Waals surface area contributed by atoms with Gasteiger partial charge in [0.25, 0.3) is 0 Å². The second-order valence-electron chi connectivity index (χ2n) is 5.45. The van der Waals surface area contributed by atoms with Crippen molar-refractivity contribution in [3.8, 4) is 0 Å². The number of hydrogen-bond acceptors (Lipinski definition) is 1. The van der Waals surface area contributed by atoms with E-state index in [1.165, 1.54) is 16.3 Å². The molecule has 110 valence electrons. The zero-order valence-corrected chi connectivity index (χ0v) is 13.2. The van der Waals surface area contributed by atoms with E-state index in [4.69, 9.17) is 11.6 Å². The fraction of sp³-hybridized carbons (Fsp3) is 0. The normalized spacial score (nSPS) is 11.5. The van der Waals surface area contributed by atoms with E-state index in [1.807, 2.05) is 36.4 Å². The van der Waals surface area contributed by atoms with Crippen LogP contribution < -0.4 is 0 Å². The number of aromatic nitrogens is 1. The maximum Gasteiger partial charge on any atom is 0.0724 e. The van der Waals surface area contributed by atoms with E-state index in [0.29, 0.717) is 0 Å². The Morgan fingerprint density at radius 3 is 2.39 bits per heavy atom. The lowest BCUT2D eigenvalue weighted by Crippen LogP contribution is -1.85. The van der Waals surface area contributed by atoms with Gasteiger partial charge < -0.3 is 0 Å². The van der Waals surface area contributed by atoms with Crippen LogP contribution in [0.4, 0.5) is 0 Å². The number of rotatable bonds is 2. The minimum absolute atomic E-state index is 0.730. The van der Waals surface area contributed by atoms with E-state index in [1.54, 1.807) is 0 Å². The summed E-state index contributed by atoms with van der Waals surface area (Å²) in [6.07, 6.45) is 4.11. The van der Waals surface area contributed by atoms with Crippen molar-refractivity contribution in [3.63, 3.8) is 0 Å². The molecule has 0 saturated heterocycles. The van der Waals surface area contributed by atoms with Crippen molar-refractivity contribution in [1.82, 2.24) is 4.98 Å². The zero-order valence-electron chi connectivity index (χ0n) is 12.4. The molecule has 1 aromatic heterocycles. The van der Waals surface area contributed by atoms with Crippen molar-refractivity contribution >= 4 is 45.4 Å². The molecule has 0 aliphatic heterocycles. The second kappa shape index (κ2) is 5.86. The molecule has 2 heteroatoms. The molecular formula is C21H14ClN. The summed E-state index contributed by atoms with van der Waals surface area (Å²) in [4.78, 5) is 4.66. The third-order valence-corrected chi connectivity index (χ3v) is 4.26. The molecule has 0 spiro atoms. The molecule has 0 saturated carbocycles. The van der Waals surface area contributed by atoms with Gasteiger partial charge >= 0.3 is 0 Å². The minimum atomic E-state index is 0.730. The molecule has 4 rings (SSSR count). The van der Waals surface area contributed by atoms with E-state index in [2.05, 4.69) is 53.5 Å². The Bertz CT molecular complexity index is 1030. The molecule has 0 fully saturated rings. The van der Waals surface area contributed by atoms with E-state index < -0.39 is 0 Å². The summed E-state index contributed by atoms with van der Waals surface area (Å²) < 4.78 is 0. The molecule has 0 aliphatic carbocycles. The molecule has 0 unspecified atom stereocenters. The van der Waals surface area contributed by atoms with Gasteiger partial charge in [-0.1, -0.05) is 78.3 Å². The van der Waals surface area contributed by atoms with Crippen LogP contribution in [0.5, 0.6) is 0 Å². The standard InChI is InChI=1S/C21H14ClN/c22-20-14-17(23-21-11-4-3-10-19(20)21)13-12-16-8-5-7-15-6-1-2-9-18(15)16/h1-14H/b13-12+. The van der Waals surface area contributed by atoms with Crippen LogP contribution in [0.2, 0.25) is 5.02 Å². The van der Waals surface area contributed by atoms with E-state index >= 15 is 0 Å². The predicted octanol–water partition coefficient (Wildman–Crippen LogP) is 6.21. The van der Waals surface area contributed by atoms with Crippen LogP contribution in [0, 0.1) is 0 Å². The topological polar surface area (TPSA) is 12.9 Å². The van der Waals surface area contributed by atoms with Gasteiger partial charge in [0.15, 0.2) is 0 Å². The number of hydrogen-bond donors (Lipinski definition) is 0. The highest BCUT2D eigenvalue weighted by Crippen LogP contribution is 2.25. The highest BCUT2D eigenvalue weighted by atomic mass is 35.5. The molecule has 1 heterocycles. The highest BCUT2D eigenvalue weighted by molar-refractivity contribution is 6.35. The first kappa shape index (κ1) is 14.0. The minimum Gasteiger partial charge on any atom is -0.248 e. The average molecular weight is 316 g/mol. The van der Waals surface area contributed by atoms with Gasteiger partial charge in [-0.05, 0) is 34.5 Å². The second-order valence-corrected chi connectivity index (χ2v) is 5.86. The van der Waals surface area contributed by atoms with Crippen molar-refractivity contribution in [3.05, 3.63) is 89.1 Å². The van der Waals surface area contributed by atoms with Crippen LogP contribution in [0.15, 0.2) is 72.8 Å². The fourth-order valence-corrected chi connectivity index (χ4v) is 3.08. The first-order valence-electron chi connectivity index (χ1n) is 7.52. The van der Waals surface area contributed by atoms with Gasteiger partial charge in [0.05, 0.1) is 16.2 Å². The molecule has 0 radical (unpaired) electrons. The number of para-hydroxylation sites is 1. The third kappa shape index (κ3) is 2.71. The van der Waals surface area contributed by atoms with Gasteiger partial charge in [0.2, 0.25) is 0 Å². The smallest absolute Gasteiger partial charge is 0.0724 e. The summed E-state index contributed by atoms with van der Waals surface area (Å²) in [6.45, 7) is 0. The number of halogens is 1. The maximum atomic E-state index is 6.37. The summed E-state index contributed by atoms with van der Waals surface area (Å²) in [7, 11) is 0. The largest absolute Gasteiger partial charge is 0.248 e. The average Bonchev–Trinajstić information content (AvgIpc) is 2.60.